The van der Waals surface area contributed by atoms with Gasteiger partial charge in [-0.1, -0.05) is 0 Å². The summed E-state index contributed by atoms with van der Waals surface area (Å²) >= 11 is 0. The molecule has 10 nitrogen and oxygen atoms in total. The quantitative estimate of drug-likeness (QED) is 0.500. The van der Waals surface area contributed by atoms with Gasteiger partial charge < -0.3 is 29.4 Å². The summed E-state index contributed by atoms with van der Waals surface area (Å²) in [7, 11) is 0. The number of piperidine rings is 1. The molecule has 2 aliphatic heterocycles. The zero-order chi connectivity index (χ0) is 24.6. The molecule has 35 heavy (non-hydrogen) atoms. The third kappa shape index (κ3) is 4.73. The fourth-order valence-corrected chi connectivity index (χ4v) is 4.44. The van der Waals surface area contributed by atoms with Crippen molar-refractivity contribution in [3.8, 4) is 5.75 Å². The highest BCUT2D eigenvalue weighted by Gasteiger charge is 2.35. The van der Waals surface area contributed by atoms with Crippen molar-refractivity contribution in [3.63, 3.8) is 0 Å². The summed E-state index contributed by atoms with van der Waals surface area (Å²) in [6.45, 7) is 7.21. The Morgan fingerprint density at radius 2 is 2.06 bits per heavy atom. The van der Waals surface area contributed by atoms with Crippen molar-refractivity contribution < 1.29 is 23.5 Å². The number of benzene rings is 1. The molecule has 1 aromatic carbocycles. The average Bonchev–Trinajstić information content (AvgIpc) is 3.29. The first-order chi connectivity index (χ1) is 16.8. The number of carbonyl (C=O) groups is 2. The minimum Gasteiger partial charge on any atom is -0.476 e. The third-order valence-corrected chi connectivity index (χ3v) is 6.36. The highest BCUT2D eigenvalue weighted by molar-refractivity contribution is 6.00. The van der Waals surface area contributed by atoms with Crippen molar-refractivity contribution in [3.05, 3.63) is 30.5 Å². The lowest BCUT2D eigenvalue weighted by molar-refractivity contribution is -0.144. The number of hydrogen-bond acceptors (Lipinski definition) is 9. The lowest BCUT2D eigenvalue weighted by atomic mass is 9.93. The Morgan fingerprint density at radius 3 is 2.83 bits per heavy atom. The van der Waals surface area contributed by atoms with Crippen LogP contribution in [0.3, 0.4) is 0 Å². The van der Waals surface area contributed by atoms with E-state index in [-0.39, 0.29) is 11.9 Å². The minimum atomic E-state index is -0.921. The number of esters is 1. The average molecular weight is 480 g/mol. The van der Waals surface area contributed by atoms with Crippen LogP contribution in [0.1, 0.15) is 40.0 Å². The van der Waals surface area contributed by atoms with E-state index in [0.717, 1.165) is 25.9 Å². The minimum absolute atomic E-state index is 0.136. The lowest BCUT2D eigenvalue weighted by Gasteiger charge is -2.32. The van der Waals surface area contributed by atoms with E-state index in [4.69, 9.17) is 18.9 Å². The molecule has 0 spiro atoms. The summed E-state index contributed by atoms with van der Waals surface area (Å²) in [6, 6.07) is 7.27. The van der Waals surface area contributed by atoms with Gasteiger partial charge in [0, 0.05) is 31.3 Å². The van der Waals surface area contributed by atoms with Gasteiger partial charge in [0.15, 0.2) is 17.0 Å². The fraction of sp³-hybridized carbons (Fsp3) is 0.440. The molecule has 3 aromatic rings. The molecule has 2 aliphatic rings. The number of aromatic nitrogens is 2. The number of fused-ring (bicyclic) bond motifs is 2. The standard InChI is InChI=1S/C25H29N5O5/c1-4-33-20(31)13-15-7-10-30(11-8-15)22-21-17(9-12-34-21)28-24(29-22)26-16-5-6-19-18(14-16)27-23(32)25(2,3)35-19/h5-6,9,12,14-15H,4,7-8,10-11,13H2,1-3H3,(H,27,32)(H,26,28,29). The maximum Gasteiger partial charge on any atom is 0.306 e. The van der Waals surface area contributed by atoms with Crippen LogP contribution in [0, 0.1) is 5.92 Å². The van der Waals surface area contributed by atoms with Gasteiger partial charge in [-0.05, 0) is 57.7 Å². The number of nitrogens with one attached hydrogen (secondary N) is 2. The van der Waals surface area contributed by atoms with Crippen LogP contribution in [0.4, 0.5) is 23.1 Å². The first kappa shape index (κ1) is 22.9. The van der Waals surface area contributed by atoms with E-state index in [1.807, 2.05) is 25.1 Å². The second-order valence-corrected chi connectivity index (χ2v) is 9.35. The maximum atomic E-state index is 12.3. The highest BCUT2D eigenvalue weighted by atomic mass is 16.5. The number of hydrogen-bond donors (Lipinski definition) is 2. The Kier molecular flexibility index (Phi) is 5.96. The summed E-state index contributed by atoms with van der Waals surface area (Å²) in [5, 5.41) is 6.13. The van der Waals surface area contributed by atoms with Gasteiger partial charge in [0.2, 0.25) is 5.95 Å². The second-order valence-electron chi connectivity index (χ2n) is 9.35. The van der Waals surface area contributed by atoms with Crippen LogP contribution in [0.15, 0.2) is 34.9 Å². The van der Waals surface area contributed by atoms with Gasteiger partial charge in [-0.15, -0.1) is 0 Å². The molecule has 184 valence electrons. The molecule has 0 saturated carbocycles. The Bertz CT molecular complexity index is 1260. The van der Waals surface area contributed by atoms with Gasteiger partial charge in [0.1, 0.15) is 11.3 Å². The van der Waals surface area contributed by atoms with Crippen LogP contribution >= 0.6 is 0 Å². The molecule has 1 saturated heterocycles. The topological polar surface area (TPSA) is 119 Å². The Morgan fingerprint density at radius 1 is 1.26 bits per heavy atom. The SMILES string of the molecule is CCOC(=O)CC1CCN(c2nc(Nc3ccc4c(c3)NC(=O)C(C)(C)O4)nc3ccoc23)CC1. The number of amides is 1. The molecule has 10 heteroatoms. The molecule has 2 aromatic heterocycles. The van der Waals surface area contributed by atoms with Crippen LogP contribution in [-0.4, -0.2) is 47.1 Å². The largest absolute Gasteiger partial charge is 0.476 e. The third-order valence-electron chi connectivity index (χ3n) is 6.36. The van der Waals surface area contributed by atoms with Crippen LogP contribution < -0.4 is 20.3 Å². The summed E-state index contributed by atoms with van der Waals surface area (Å²) in [5.41, 5.74) is 1.72. The van der Waals surface area contributed by atoms with Gasteiger partial charge in [0.25, 0.3) is 5.91 Å². The zero-order valence-electron chi connectivity index (χ0n) is 20.1. The predicted octanol–water partition coefficient (Wildman–Crippen LogP) is 4.25. The van der Waals surface area contributed by atoms with Crippen LogP contribution in [0.2, 0.25) is 0 Å². The van der Waals surface area contributed by atoms with Crippen molar-refractivity contribution in [2.24, 2.45) is 5.92 Å². The van der Waals surface area contributed by atoms with Crippen LogP contribution in [-0.2, 0) is 14.3 Å². The Hall–Kier alpha value is -3.82. The van der Waals surface area contributed by atoms with E-state index in [2.05, 4.69) is 20.5 Å². The van der Waals surface area contributed by atoms with Crippen molar-refractivity contribution in [1.29, 1.82) is 0 Å². The molecular formula is C25H29N5O5. The van der Waals surface area contributed by atoms with Crippen molar-refractivity contribution in [1.82, 2.24) is 9.97 Å². The molecule has 1 fully saturated rings. The summed E-state index contributed by atoms with van der Waals surface area (Å²) in [5.74, 6) is 1.71. The normalized spacial score (nSPS) is 17.5. The van der Waals surface area contributed by atoms with E-state index in [1.165, 1.54) is 0 Å². The van der Waals surface area contributed by atoms with E-state index >= 15 is 0 Å². The molecule has 0 bridgehead atoms. The van der Waals surface area contributed by atoms with Gasteiger partial charge in [0.05, 0.1) is 18.6 Å². The number of anilines is 4. The molecule has 4 heterocycles. The summed E-state index contributed by atoms with van der Waals surface area (Å²) in [4.78, 5) is 35.6. The first-order valence-electron chi connectivity index (χ1n) is 11.9. The molecule has 0 radical (unpaired) electrons. The maximum absolute atomic E-state index is 12.3. The molecule has 5 rings (SSSR count). The smallest absolute Gasteiger partial charge is 0.306 e. The van der Waals surface area contributed by atoms with E-state index in [1.54, 1.807) is 26.2 Å². The Balaban J connectivity index is 1.34. The number of furan rings is 1. The number of ether oxygens (including phenoxy) is 2. The summed E-state index contributed by atoms with van der Waals surface area (Å²) in [6.07, 6.45) is 3.79. The number of carbonyl (C=O) groups excluding carboxylic acids is 2. The zero-order valence-corrected chi connectivity index (χ0v) is 20.1. The van der Waals surface area contributed by atoms with E-state index in [9.17, 15) is 9.59 Å². The second kappa shape index (κ2) is 9.09. The van der Waals surface area contributed by atoms with E-state index in [0.29, 0.717) is 58.9 Å². The molecular weight excluding hydrogens is 450 g/mol. The molecule has 2 N–H and O–H groups in total. The van der Waals surface area contributed by atoms with Gasteiger partial charge in [-0.3, -0.25) is 9.59 Å². The Labute approximate surface area is 203 Å². The molecule has 0 atom stereocenters. The van der Waals surface area contributed by atoms with Crippen LogP contribution in [0.5, 0.6) is 5.75 Å². The highest BCUT2D eigenvalue weighted by Crippen LogP contribution is 2.37. The van der Waals surface area contributed by atoms with E-state index < -0.39 is 5.60 Å². The lowest BCUT2D eigenvalue weighted by Crippen LogP contribution is -2.45. The van der Waals surface area contributed by atoms with Crippen molar-refractivity contribution in [2.75, 3.05) is 35.2 Å². The van der Waals surface area contributed by atoms with Gasteiger partial charge >= 0.3 is 5.97 Å². The first-order valence-corrected chi connectivity index (χ1v) is 11.9. The van der Waals surface area contributed by atoms with Crippen molar-refractivity contribution in [2.45, 2.75) is 45.6 Å². The molecule has 0 aliphatic carbocycles. The van der Waals surface area contributed by atoms with Gasteiger partial charge in [-0.25, -0.2) is 4.98 Å². The van der Waals surface area contributed by atoms with Crippen LogP contribution in [0.25, 0.3) is 11.1 Å². The van der Waals surface area contributed by atoms with Crippen molar-refractivity contribution >= 4 is 46.1 Å². The van der Waals surface area contributed by atoms with Gasteiger partial charge in [-0.2, -0.15) is 4.98 Å². The molecule has 1 amide bonds. The number of nitrogens with zero attached hydrogens (tertiary/aromatic N) is 3. The molecule has 0 unspecified atom stereocenters. The monoisotopic (exact) mass is 479 g/mol. The fourth-order valence-electron chi connectivity index (χ4n) is 4.44. The predicted molar refractivity (Wildman–Crippen MR) is 131 cm³/mol. The number of rotatable bonds is 6. The summed E-state index contributed by atoms with van der Waals surface area (Å²) < 4.78 is 16.6.